The lowest BCUT2D eigenvalue weighted by molar-refractivity contribution is -0.423. The normalized spacial score (nSPS) is 25.0. The van der Waals surface area contributed by atoms with E-state index in [-0.39, 0.29) is 5.56 Å². The van der Waals surface area contributed by atoms with Crippen LogP contribution in [0.3, 0.4) is 0 Å². The third-order valence-electron chi connectivity index (χ3n) is 4.70. The van der Waals surface area contributed by atoms with E-state index in [1.54, 1.807) is 0 Å². The Balaban J connectivity index is 2.75. The molecule has 1 aliphatic rings. The van der Waals surface area contributed by atoms with E-state index in [0.29, 0.717) is 0 Å². The van der Waals surface area contributed by atoms with Crippen molar-refractivity contribution < 1.29 is 58.9 Å². The Morgan fingerprint density at radius 3 is 2.03 bits per heavy atom. The number of rotatable bonds is 6. The average molecular weight is 482 g/mol. The lowest BCUT2D eigenvalue weighted by Crippen LogP contribution is -2.80. The molecule has 1 saturated heterocycles. The predicted octanol–water partition coefficient (Wildman–Crippen LogP) is 3.38. The first-order chi connectivity index (χ1) is 14.5. The van der Waals surface area contributed by atoms with Gasteiger partial charge in [0.2, 0.25) is 5.72 Å². The molecule has 1 aliphatic heterocycles. The molecule has 0 bridgehead atoms. The van der Waals surface area contributed by atoms with Crippen molar-refractivity contribution in [1.29, 1.82) is 0 Å². The maximum Gasteiger partial charge on any atom is 0.460 e. The van der Waals surface area contributed by atoms with Crippen molar-refractivity contribution in [2.45, 2.75) is 42.6 Å². The van der Waals surface area contributed by atoms with Crippen LogP contribution < -0.4 is 10.6 Å². The van der Waals surface area contributed by atoms with Crippen LogP contribution in [-0.2, 0) is 9.53 Å². The second kappa shape index (κ2) is 8.01. The van der Waals surface area contributed by atoms with E-state index in [9.17, 15) is 54.2 Å². The van der Waals surface area contributed by atoms with Crippen LogP contribution >= 0.6 is 0 Å². The minimum absolute atomic E-state index is 0.250. The summed E-state index contributed by atoms with van der Waals surface area (Å²) >= 11 is 0. The molecule has 0 unspecified atom stereocenters. The zero-order valence-electron chi connectivity index (χ0n) is 15.8. The molecule has 1 aromatic carbocycles. The minimum Gasteiger partial charge on any atom is -0.466 e. The Hall–Kier alpha value is -2.71. The number of carbonyl (C=O) groups excluding carboxylic acids is 2. The monoisotopic (exact) mass is 482 g/mol. The van der Waals surface area contributed by atoms with Gasteiger partial charge in [-0.15, -0.1) is 0 Å². The SMILES string of the molecule is CCOC(=O)[C@@H]1[C@@H](c2ccccc2)NC(=O)N[C@]1(O)C(F)(F)C(F)(F)C(F)(F)C(F)(F)F. The first-order valence-electron chi connectivity index (χ1n) is 8.68. The van der Waals surface area contributed by atoms with Crippen molar-refractivity contribution in [3.05, 3.63) is 35.9 Å². The summed E-state index contributed by atoms with van der Waals surface area (Å²) in [6.45, 7) is 0.551. The first kappa shape index (κ1) is 25.5. The highest BCUT2D eigenvalue weighted by atomic mass is 19.4. The quantitative estimate of drug-likeness (QED) is 0.429. The second-order valence-electron chi connectivity index (χ2n) is 6.70. The van der Waals surface area contributed by atoms with Gasteiger partial charge in [-0.05, 0) is 12.5 Å². The highest BCUT2D eigenvalue weighted by Crippen LogP contribution is 2.58. The highest BCUT2D eigenvalue weighted by molar-refractivity contribution is 5.83. The molecular weight excluding hydrogens is 467 g/mol. The molecule has 2 rings (SSSR count). The molecule has 15 heteroatoms. The van der Waals surface area contributed by atoms with E-state index in [4.69, 9.17) is 0 Å². The van der Waals surface area contributed by atoms with Gasteiger partial charge in [0.15, 0.2) is 0 Å². The number of amides is 2. The molecule has 0 aromatic heterocycles. The van der Waals surface area contributed by atoms with E-state index in [1.165, 1.54) is 18.2 Å². The van der Waals surface area contributed by atoms with Gasteiger partial charge in [-0.1, -0.05) is 30.3 Å². The molecule has 6 nitrogen and oxygen atoms in total. The van der Waals surface area contributed by atoms with Gasteiger partial charge in [-0.2, -0.15) is 39.5 Å². The Bertz CT molecular complexity index is 863. The fourth-order valence-electron chi connectivity index (χ4n) is 3.12. The molecule has 3 N–H and O–H groups in total. The van der Waals surface area contributed by atoms with E-state index < -0.39 is 60.2 Å². The highest BCUT2D eigenvalue weighted by Gasteiger charge is 2.88. The molecule has 32 heavy (non-hydrogen) atoms. The van der Waals surface area contributed by atoms with Crippen LogP contribution in [0, 0.1) is 5.92 Å². The van der Waals surface area contributed by atoms with Gasteiger partial charge >= 0.3 is 35.9 Å². The molecule has 0 radical (unpaired) electrons. The molecule has 0 saturated carbocycles. The van der Waals surface area contributed by atoms with Crippen LogP contribution in [0.25, 0.3) is 0 Å². The van der Waals surface area contributed by atoms with Gasteiger partial charge in [0.05, 0.1) is 12.6 Å². The zero-order chi connectivity index (χ0) is 24.8. The second-order valence-corrected chi connectivity index (χ2v) is 6.70. The minimum atomic E-state index is -7.36. The Labute approximate surface area is 173 Å². The molecule has 3 atom stereocenters. The summed E-state index contributed by atoms with van der Waals surface area (Å²) in [6, 6.07) is 2.12. The van der Waals surface area contributed by atoms with Crippen LogP contribution in [0.2, 0.25) is 0 Å². The lowest BCUT2D eigenvalue weighted by Gasteiger charge is -2.49. The fraction of sp³-hybridized carbons (Fsp3) is 0.529. The number of carbonyl (C=O) groups is 2. The third-order valence-corrected chi connectivity index (χ3v) is 4.70. The molecule has 1 heterocycles. The molecule has 180 valence electrons. The third kappa shape index (κ3) is 3.71. The van der Waals surface area contributed by atoms with Crippen LogP contribution in [-0.4, -0.2) is 53.4 Å². The summed E-state index contributed by atoms with van der Waals surface area (Å²) < 4.78 is 127. The molecule has 0 spiro atoms. The van der Waals surface area contributed by atoms with Gasteiger partial charge in [-0.25, -0.2) is 4.79 Å². The number of halogens is 9. The molecule has 1 fully saturated rings. The first-order valence-corrected chi connectivity index (χ1v) is 8.68. The number of alkyl halides is 9. The van der Waals surface area contributed by atoms with Crippen LogP contribution in [0.5, 0.6) is 0 Å². The lowest BCUT2D eigenvalue weighted by atomic mass is 9.76. The van der Waals surface area contributed by atoms with Crippen LogP contribution in [0.15, 0.2) is 30.3 Å². The maximum atomic E-state index is 14.8. The number of benzene rings is 1. The van der Waals surface area contributed by atoms with E-state index in [0.717, 1.165) is 24.4 Å². The van der Waals surface area contributed by atoms with E-state index >= 15 is 0 Å². The van der Waals surface area contributed by atoms with Crippen molar-refractivity contribution in [1.82, 2.24) is 10.6 Å². The maximum absolute atomic E-state index is 14.8. The van der Waals surface area contributed by atoms with Gasteiger partial charge in [0.25, 0.3) is 0 Å². The Morgan fingerprint density at radius 2 is 1.56 bits per heavy atom. The van der Waals surface area contributed by atoms with Crippen LogP contribution in [0.1, 0.15) is 18.5 Å². The molecule has 0 aliphatic carbocycles. The predicted molar refractivity (Wildman–Crippen MR) is 86.8 cm³/mol. The fourth-order valence-corrected chi connectivity index (χ4v) is 3.12. The van der Waals surface area contributed by atoms with E-state index in [2.05, 4.69) is 4.74 Å². The summed E-state index contributed by atoms with van der Waals surface area (Å²) in [5.41, 5.74) is -5.18. The molecular formula is C17H15F9N2O4. The van der Waals surface area contributed by atoms with Crippen LogP contribution in [0.4, 0.5) is 44.3 Å². The summed E-state index contributed by atoms with van der Waals surface area (Å²) in [6.07, 6.45) is -7.18. The number of nitrogens with one attached hydrogen (secondary N) is 2. The summed E-state index contributed by atoms with van der Waals surface area (Å²) in [5, 5.41) is 13.1. The van der Waals surface area contributed by atoms with Crippen molar-refractivity contribution in [3.8, 4) is 0 Å². The topological polar surface area (TPSA) is 87.7 Å². The van der Waals surface area contributed by atoms with Gasteiger partial charge in [0, 0.05) is 0 Å². The smallest absolute Gasteiger partial charge is 0.460 e. The van der Waals surface area contributed by atoms with E-state index in [1.807, 2.05) is 5.32 Å². The van der Waals surface area contributed by atoms with Crippen molar-refractivity contribution in [2.75, 3.05) is 6.61 Å². The number of esters is 1. The zero-order valence-corrected chi connectivity index (χ0v) is 15.8. The average Bonchev–Trinajstić information content (AvgIpc) is 2.66. The van der Waals surface area contributed by atoms with Gasteiger partial charge in [0.1, 0.15) is 5.92 Å². The summed E-state index contributed by atoms with van der Waals surface area (Å²) in [5.74, 6) is -26.3. The van der Waals surface area contributed by atoms with Gasteiger partial charge in [-0.3, -0.25) is 4.79 Å². The number of ether oxygens (including phenoxy) is 1. The summed E-state index contributed by atoms with van der Waals surface area (Å²) in [7, 11) is 0. The number of aliphatic hydroxyl groups is 1. The van der Waals surface area contributed by atoms with Crippen molar-refractivity contribution >= 4 is 12.0 Å². The molecule has 2 amide bonds. The number of urea groups is 1. The standard InChI is InChI=1S/C17H15F9N2O4/c1-2-32-11(29)9-10(8-6-4-3-5-7-8)27-12(30)28-13(9,31)14(18,19)15(20,21)16(22,23)17(24,25)26/h3-7,9-10,31H,2H2,1H3,(H2,27,28,30)/t9-,10+,13+/m0/s1. The van der Waals surface area contributed by atoms with Crippen molar-refractivity contribution in [3.63, 3.8) is 0 Å². The largest absolute Gasteiger partial charge is 0.466 e. The Kier molecular flexibility index (Phi) is 6.39. The van der Waals surface area contributed by atoms with Crippen molar-refractivity contribution in [2.24, 2.45) is 5.92 Å². The Morgan fingerprint density at radius 1 is 1.03 bits per heavy atom. The van der Waals surface area contributed by atoms with Gasteiger partial charge < -0.3 is 20.5 Å². The summed E-state index contributed by atoms with van der Waals surface area (Å²) in [4.78, 5) is 24.2. The number of hydrogen-bond acceptors (Lipinski definition) is 4. The number of hydrogen-bond donors (Lipinski definition) is 3. The molecule has 1 aromatic rings.